The normalized spacial score (nSPS) is 15.4. The molecule has 1 aromatic heterocycles. The molecule has 30 heavy (non-hydrogen) atoms. The fourth-order valence-electron chi connectivity index (χ4n) is 3.59. The molecule has 1 atom stereocenters. The largest absolute Gasteiger partial charge is 0.310 e. The third-order valence-corrected chi connectivity index (χ3v) is 5.84. The van der Waals surface area contributed by atoms with Crippen LogP contribution in [-0.2, 0) is 10.5 Å². The van der Waals surface area contributed by atoms with E-state index in [1.807, 2.05) is 25.1 Å². The van der Waals surface area contributed by atoms with Crippen molar-refractivity contribution in [1.82, 2.24) is 9.97 Å². The summed E-state index contributed by atoms with van der Waals surface area (Å²) >= 11 is 1.35. The van der Waals surface area contributed by atoms with Crippen LogP contribution in [-0.4, -0.2) is 20.8 Å². The Morgan fingerprint density at radius 1 is 1.20 bits per heavy atom. The molecule has 1 aliphatic heterocycles. The van der Waals surface area contributed by atoms with Gasteiger partial charge in [0.15, 0.2) is 5.16 Å². The lowest BCUT2D eigenvalue weighted by molar-refractivity contribution is -0.385. The zero-order chi connectivity index (χ0) is 21.3. The van der Waals surface area contributed by atoms with E-state index in [9.17, 15) is 19.7 Å². The van der Waals surface area contributed by atoms with Crippen LogP contribution in [0, 0.1) is 17.0 Å². The smallest absolute Gasteiger partial charge is 0.273 e. The Morgan fingerprint density at radius 3 is 2.77 bits per heavy atom. The van der Waals surface area contributed by atoms with E-state index in [2.05, 4.69) is 21.4 Å². The predicted octanol–water partition coefficient (Wildman–Crippen LogP) is 3.75. The van der Waals surface area contributed by atoms with Crippen molar-refractivity contribution in [3.63, 3.8) is 0 Å². The average Bonchev–Trinajstić information content (AvgIpc) is 2.71. The molecule has 9 heteroatoms. The van der Waals surface area contributed by atoms with Gasteiger partial charge in [-0.15, -0.1) is 0 Å². The summed E-state index contributed by atoms with van der Waals surface area (Å²) in [5, 5.41) is 14.5. The number of amides is 1. The van der Waals surface area contributed by atoms with E-state index in [0.717, 1.165) is 11.1 Å². The van der Waals surface area contributed by atoms with Crippen molar-refractivity contribution in [3.8, 4) is 0 Å². The summed E-state index contributed by atoms with van der Waals surface area (Å²) in [6.07, 6.45) is -0.0571. The van der Waals surface area contributed by atoms with Gasteiger partial charge in [0, 0.05) is 29.7 Å². The third-order valence-electron chi connectivity index (χ3n) is 4.90. The molecule has 152 valence electrons. The van der Waals surface area contributed by atoms with Gasteiger partial charge >= 0.3 is 0 Å². The van der Waals surface area contributed by atoms with Crippen LogP contribution in [0.3, 0.4) is 0 Å². The zero-order valence-electron chi connectivity index (χ0n) is 16.0. The number of rotatable bonds is 5. The molecule has 1 aliphatic rings. The van der Waals surface area contributed by atoms with Crippen LogP contribution < -0.4 is 10.9 Å². The van der Waals surface area contributed by atoms with Crippen LogP contribution in [0.25, 0.3) is 0 Å². The van der Waals surface area contributed by atoms with Crippen LogP contribution in [0.5, 0.6) is 0 Å². The maximum atomic E-state index is 12.9. The highest BCUT2D eigenvalue weighted by molar-refractivity contribution is 7.98. The van der Waals surface area contributed by atoms with E-state index >= 15 is 0 Å². The maximum Gasteiger partial charge on any atom is 0.273 e. The number of para-hydroxylation sites is 1. The van der Waals surface area contributed by atoms with Crippen LogP contribution in [0.4, 0.5) is 11.5 Å². The molecule has 4 rings (SSSR count). The Kier molecular flexibility index (Phi) is 5.37. The number of nitro benzene ring substituents is 1. The summed E-state index contributed by atoms with van der Waals surface area (Å²) < 4.78 is 0. The maximum absolute atomic E-state index is 12.9. The minimum Gasteiger partial charge on any atom is -0.310 e. The number of nitrogens with zero attached hydrogens (tertiary/aromatic N) is 2. The molecule has 8 nitrogen and oxygen atoms in total. The van der Waals surface area contributed by atoms with Gasteiger partial charge in [-0.25, -0.2) is 4.98 Å². The lowest BCUT2D eigenvalue weighted by Crippen LogP contribution is -2.31. The molecule has 1 unspecified atom stereocenters. The van der Waals surface area contributed by atoms with Gasteiger partial charge in [0.2, 0.25) is 5.91 Å². The summed E-state index contributed by atoms with van der Waals surface area (Å²) in [4.78, 5) is 43.3. The number of carbonyl (C=O) groups excluding carboxylic acids is 1. The molecule has 0 fully saturated rings. The molecule has 2 aromatic carbocycles. The number of carbonyl (C=O) groups is 1. The number of nitrogens with one attached hydrogen (secondary N) is 2. The fourth-order valence-corrected chi connectivity index (χ4v) is 4.39. The summed E-state index contributed by atoms with van der Waals surface area (Å²) in [5.41, 5.74) is 2.26. The highest BCUT2D eigenvalue weighted by Gasteiger charge is 2.34. The number of benzene rings is 2. The average molecular weight is 422 g/mol. The summed E-state index contributed by atoms with van der Waals surface area (Å²) in [5.74, 6) is -0.309. The van der Waals surface area contributed by atoms with Crippen molar-refractivity contribution in [2.75, 3.05) is 5.32 Å². The third kappa shape index (κ3) is 3.97. The van der Waals surface area contributed by atoms with Gasteiger partial charge in [0.1, 0.15) is 5.82 Å². The highest BCUT2D eigenvalue weighted by Crippen LogP contribution is 2.38. The van der Waals surface area contributed by atoms with Crippen molar-refractivity contribution in [3.05, 3.63) is 91.3 Å². The van der Waals surface area contributed by atoms with Gasteiger partial charge < -0.3 is 10.3 Å². The number of aromatic amines is 1. The van der Waals surface area contributed by atoms with Crippen molar-refractivity contribution in [2.24, 2.45) is 0 Å². The van der Waals surface area contributed by atoms with Gasteiger partial charge in [0.25, 0.3) is 11.2 Å². The minimum atomic E-state index is -0.734. The number of hydrogen-bond donors (Lipinski definition) is 2. The zero-order valence-corrected chi connectivity index (χ0v) is 16.9. The molecule has 0 spiro atoms. The quantitative estimate of drug-likeness (QED) is 0.280. The first kappa shape index (κ1) is 19.8. The molecule has 0 aliphatic carbocycles. The van der Waals surface area contributed by atoms with Crippen molar-refractivity contribution in [1.29, 1.82) is 0 Å². The highest BCUT2D eigenvalue weighted by atomic mass is 32.2. The van der Waals surface area contributed by atoms with E-state index < -0.39 is 16.4 Å². The van der Waals surface area contributed by atoms with Gasteiger partial charge in [0.05, 0.1) is 10.5 Å². The fraction of sp³-hybridized carbons (Fsp3) is 0.190. The standard InChI is InChI=1S/C21H18N4O4S/c1-12-5-4-6-13(9-12)11-30-21-23-19-18(20(27)24-21)15(10-17(26)22-19)14-7-2-3-8-16(14)25(28)29/h2-9,15H,10-11H2,1H3,(H2,22,23,24,26,27). The SMILES string of the molecule is Cc1cccc(CSc2nc3c(c(=O)[nH]2)C(c2ccccc2[N+](=O)[O-])CC(=O)N3)c1. The van der Waals surface area contributed by atoms with E-state index in [1.165, 1.54) is 17.8 Å². The van der Waals surface area contributed by atoms with Crippen LogP contribution in [0.15, 0.2) is 58.5 Å². The van der Waals surface area contributed by atoms with Crippen LogP contribution >= 0.6 is 11.8 Å². The summed E-state index contributed by atoms with van der Waals surface area (Å²) in [6.45, 7) is 2.01. The number of anilines is 1. The number of hydrogen-bond acceptors (Lipinski definition) is 6. The lowest BCUT2D eigenvalue weighted by atomic mass is 9.86. The molecular formula is C21H18N4O4S. The Labute approximate surface area is 175 Å². The molecule has 2 N–H and O–H groups in total. The topological polar surface area (TPSA) is 118 Å². The van der Waals surface area contributed by atoms with Crippen molar-refractivity contribution < 1.29 is 9.72 Å². The van der Waals surface area contributed by atoms with E-state index in [4.69, 9.17) is 0 Å². The molecule has 1 amide bonds. The first-order chi connectivity index (χ1) is 14.4. The second-order valence-electron chi connectivity index (χ2n) is 7.03. The molecule has 0 bridgehead atoms. The molecule has 0 radical (unpaired) electrons. The van der Waals surface area contributed by atoms with E-state index in [1.54, 1.807) is 18.2 Å². The first-order valence-corrected chi connectivity index (χ1v) is 10.3. The Bertz CT molecular complexity index is 1210. The number of thioether (sulfide) groups is 1. The van der Waals surface area contributed by atoms with Crippen LogP contribution in [0.1, 0.15) is 34.6 Å². The second-order valence-corrected chi connectivity index (χ2v) is 8.00. The van der Waals surface area contributed by atoms with Gasteiger partial charge in [-0.05, 0) is 12.5 Å². The van der Waals surface area contributed by atoms with Crippen LogP contribution in [0.2, 0.25) is 0 Å². The monoisotopic (exact) mass is 422 g/mol. The number of nitro groups is 1. The molecular weight excluding hydrogens is 404 g/mol. The molecule has 0 saturated heterocycles. The number of H-pyrrole nitrogens is 1. The number of aromatic nitrogens is 2. The number of fused-ring (bicyclic) bond motifs is 1. The summed E-state index contributed by atoms with van der Waals surface area (Å²) in [7, 11) is 0. The lowest BCUT2D eigenvalue weighted by Gasteiger charge is -2.24. The minimum absolute atomic E-state index is 0.0571. The first-order valence-electron chi connectivity index (χ1n) is 9.28. The molecule has 3 aromatic rings. The Hall–Kier alpha value is -3.46. The Balaban J connectivity index is 1.70. The van der Waals surface area contributed by atoms with Gasteiger partial charge in [-0.2, -0.15) is 0 Å². The second kappa shape index (κ2) is 8.11. The number of aryl methyl sites for hydroxylation is 1. The van der Waals surface area contributed by atoms with Crippen molar-refractivity contribution >= 4 is 29.2 Å². The molecule has 2 heterocycles. The van der Waals surface area contributed by atoms with Gasteiger partial charge in [-0.1, -0.05) is 59.8 Å². The predicted molar refractivity (Wildman–Crippen MR) is 114 cm³/mol. The molecule has 0 saturated carbocycles. The van der Waals surface area contributed by atoms with Crippen molar-refractivity contribution in [2.45, 2.75) is 30.2 Å². The van der Waals surface area contributed by atoms with E-state index in [-0.39, 0.29) is 29.4 Å². The van der Waals surface area contributed by atoms with E-state index in [0.29, 0.717) is 16.5 Å². The summed E-state index contributed by atoms with van der Waals surface area (Å²) in [6, 6.07) is 14.2. The Morgan fingerprint density at radius 2 is 2.00 bits per heavy atom. The van der Waals surface area contributed by atoms with Gasteiger partial charge in [-0.3, -0.25) is 19.7 Å².